The third-order valence-electron chi connectivity index (χ3n) is 4.68. The number of halogens is 2. The topological polar surface area (TPSA) is 78.8 Å². The van der Waals surface area contributed by atoms with Crippen LogP contribution in [0.5, 0.6) is 0 Å². The van der Waals surface area contributed by atoms with Gasteiger partial charge in [-0.15, -0.1) is 0 Å². The number of nitrogens with zero attached hydrogens (tertiary/aromatic N) is 2. The summed E-state index contributed by atoms with van der Waals surface area (Å²) in [5, 5.41) is 4.64. The Kier molecular flexibility index (Phi) is 7.91. The van der Waals surface area contributed by atoms with Crippen LogP contribution in [-0.4, -0.2) is 26.3 Å². The van der Waals surface area contributed by atoms with Gasteiger partial charge in [0.25, 0.3) is 5.91 Å². The first kappa shape index (κ1) is 24.2. The SMILES string of the molecule is C/C(=N/NC(=O)c1ccc(N(Cc2ccccc2Cl)S(C)(=O)=O)cc1)c1ccc(I)cc1. The zero-order chi connectivity index (χ0) is 23.3. The second-order valence-corrected chi connectivity index (χ2v) is 10.6. The minimum absolute atomic E-state index is 0.0869. The van der Waals surface area contributed by atoms with Crippen LogP contribution in [0.25, 0.3) is 0 Å². The molecule has 0 fully saturated rings. The van der Waals surface area contributed by atoms with E-state index in [1.165, 1.54) is 4.31 Å². The monoisotopic (exact) mass is 581 g/mol. The molecular formula is C23H21ClIN3O3S. The molecule has 6 nitrogen and oxygen atoms in total. The molecule has 0 aromatic heterocycles. The maximum atomic E-state index is 12.5. The van der Waals surface area contributed by atoms with Crippen LogP contribution >= 0.6 is 34.2 Å². The van der Waals surface area contributed by atoms with Gasteiger partial charge < -0.3 is 0 Å². The van der Waals surface area contributed by atoms with Crippen molar-refractivity contribution in [2.24, 2.45) is 5.10 Å². The number of carbonyl (C=O) groups is 1. The maximum Gasteiger partial charge on any atom is 0.271 e. The van der Waals surface area contributed by atoms with Crippen molar-refractivity contribution in [3.8, 4) is 0 Å². The normalized spacial score (nSPS) is 11.8. The van der Waals surface area contributed by atoms with Crippen LogP contribution in [0.15, 0.2) is 77.9 Å². The smallest absolute Gasteiger partial charge is 0.267 e. The van der Waals surface area contributed by atoms with E-state index >= 15 is 0 Å². The van der Waals surface area contributed by atoms with Gasteiger partial charge in [-0.1, -0.05) is 41.9 Å². The Balaban J connectivity index is 1.76. The minimum atomic E-state index is -3.57. The van der Waals surface area contributed by atoms with Gasteiger partial charge in [0.1, 0.15) is 0 Å². The Morgan fingerprint density at radius 2 is 1.59 bits per heavy atom. The lowest BCUT2D eigenvalue weighted by molar-refractivity contribution is 0.0955. The van der Waals surface area contributed by atoms with Crippen molar-refractivity contribution in [2.45, 2.75) is 13.5 Å². The van der Waals surface area contributed by atoms with Crippen molar-refractivity contribution in [1.82, 2.24) is 5.43 Å². The van der Waals surface area contributed by atoms with Gasteiger partial charge in [0.15, 0.2) is 0 Å². The Bertz CT molecular complexity index is 1240. The Morgan fingerprint density at radius 1 is 1.00 bits per heavy atom. The molecule has 0 aliphatic heterocycles. The summed E-state index contributed by atoms with van der Waals surface area (Å²) in [6, 6.07) is 21.2. The highest BCUT2D eigenvalue weighted by Gasteiger charge is 2.19. The van der Waals surface area contributed by atoms with E-state index in [4.69, 9.17) is 11.6 Å². The fourth-order valence-electron chi connectivity index (χ4n) is 2.92. The van der Waals surface area contributed by atoms with Gasteiger partial charge in [-0.2, -0.15) is 5.10 Å². The number of sulfonamides is 1. The Morgan fingerprint density at radius 3 is 2.19 bits per heavy atom. The lowest BCUT2D eigenvalue weighted by Gasteiger charge is -2.23. The molecule has 1 amide bonds. The fourth-order valence-corrected chi connectivity index (χ4v) is 4.35. The van der Waals surface area contributed by atoms with Crippen LogP contribution in [0.1, 0.15) is 28.4 Å². The maximum absolute atomic E-state index is 12.5. The largest absolute Gasteiger partial charge is 0.271 e. The summed E-state index contributed by atoms with van der Waals surface area (Å²) in [5.41, 5.74) is 5.59. The molecule has 0 spiro atoms. The van der Waals surface area contributed by atoms with Gasteiger partial charge in [0.2, 0.25) is 10.0 Å². The van der Waals surface area contributed by atoms with Crippen LogP contribution in [0.4, 0.5) is 5.69 Å². The molecule has 0 heterocycles. The molecule has 0 aliphatic rings. The predicted molar refractivity (Wildman–Crippen MR) is 138 cm³/mol. The van der Waals surface area contributed by atoms with Gasteiger partial charge in [-0.05, 0) is 83.1 Å². The third-order valence-corrected chi connectivity index (χ3v) is 6.91. The molecule has 32 heavy (non-hydrogen) atoms. The molecule has 0 radical (unpaired) electrons. The molecule has 0 unspecified atom stereocenters. The van der Waals surface area contributed by atoms with Crippen LogP contribution in [0, 0.1) is 3.57 Å². The summed E-state index contributed by atoms with van der Waals surface area (Å²) in [7, 11) is -3.57. The van der Waals surface area contributed by atoms with Crippen LogP contribution in [0.3, 0.4) is 0 Å². The quantitative estimate of drug-likeness (QED) is 0.241. The predicted octanol–water partition coefficient (Wildman–Crippen LogP) is 5.06. The molecule has 0 saturated carbocycles. The average molecular weight is 582 g/mol. The number of hydrogen-bond acceptors (Lipinski definition) is 4. The van der Waals surface area contributed by atoms with E-state index in [-0.39, 0.29) is 6.54 Å². The zero-order valence-corrected chi connectivity index (χ0v) is 21.1. The van der Waals surface area contributed by atoms with Crippen molar-refractivity contribution in [2.75, 3.05) is 10.6 Å². The van der Waals surface area contributed by atoms with E-state index < -0.39 is 15.9 Å². The first-order valence-corrected chi connectivity index (χ1v) is 12.9. The van der Waals surface area contributed by atoms with Crippen LogP contribution < -0.4 is 9.73 Å². The van der Waals surface area contributed by atoms with E-state index in [0.29, 0.717) is 27.5 Å². The number of benzene rings is 3. The first-order chi connectivity index (χ1) is 15.1. The van der Waals surface area contributed by atoms with Gasteiger partial charge in [-0.25, -0.2) is 13.8 Å². The third kappa shape index (κ3) is 6.30. The highest BCUT2D eigenvalue weighted by Crippen LogP contribution is 2.24. The summed E-state index contributed by atoms with van der Waals surface area (Å²) in [6.45, 7) is 1.90. The first-order valence-electron chi connectivity index (χ1n) is 9.57. The van der Waals surface area contributed by atoms with Gasteiger partial charge in [-0.3, -0.25) is 9.10 Å². The molecule has 3 rings (SSSR count). The summed E-state index contributed by atoms with van der Waals surface area (Å²) < 4.78 is 27.1. The fraction of sp³-hybridized carbons (Fsp3) is 0.130. The number of anilines is 1. The number of nitrogens with one attached hydrogen (secondary N) is 1. The number of rotatable bonds is 7. The second-order valence-electron chi connectivity index (χ2n) is 7.05. The van der Waals surface area contributed by atoms with E-state index in [2.05, 4.69) is 33.1 Å². The van der Waals surface area contributed by atoms with Gasteiger partial charge in [0, 0.05) is 14.2 Å². The highest BCUT2D eigenvalue weighted by atomic mass is 127. The van der Waals surface area contributed by atoms with E-state index in [9.17, 15) is 13.2 Å². The van der Waals surface area contributed by atoms with Crippen molar-refractivity contribution < 1.29 is 13.2 Å². The molecular weight excluding hydrogens is 561 g/mol. The zero-order valence-electron chi connectivity index (χ0n) is 17.4. The van der Waals surface area contributed by atoms with Crippen LogP contribution in [0.2, 0.25) is 5.02 Å². The molecule has 0 atom stereocenters. The number of hydrogen-bond donors (Lipinski definition) is 1. The van der Waals surface area contributed by atoms with Crippen molar-refractivity contribution in [1.29, 1.82) is 0 Å². The van der Waals surface area contributed by atoms with Crippen molar-refractivity contribution in [3.05, 3.63) is 98.1 Å². The van der Waals surface area contributed by atoms with Gasteiger partial charge >= 0.3 is 0 Å². The Hall–Kier alpha value is -2.43. The molecule has 0 aliphatic carbocycles. The molecule has 0 saturated heterocycles. The summed E-state index contributed by atoms with van der Waals surface area (Å²) in [4.78, 5) is 12.5. The summed E-state index contributed by atoms with van der Waals surface area (Å²) in [5.74, 6) is -0.390. The van der Waals surface area contributed by atoms with Crippen molar-refractivity contribution in [3.63, 3.8) is 0 Å². The minimum Gasteiger partial charge on any atom is -0.267 e. The molecule has 166 valence electrons. The number of amides is 1. The second kappa shape index (κ2) is 10.5. The van der Waals surface area contributed by atoms with E-state index in [1.54, 1.807) is 48.5 Å². The van der Waals surface area contributed by atoms with E-state index in [0.717, 1.165) is 15.4 Å². The molecule has 0 bridgehead atoms. The molecule has 3 aromatic carbocycles. The lowest BCUT2D eigenvalue weighted by Crippen LogP contribution is -2.29. The molecule has 3 aromatic rings. The molecule has 1 N–H and O–H groups in total. The standard InChI is InChI=1S/C23H21ClIN3O3S/c1-16(17-7-11-20(25)12-8-17)26-27-23(29)18-9-13-21(14-10-18)28(32(2,30)31)15-19-5-3-4-6-22(19)24/h3-14H,15H2,1-2H3,(H,27,29)/b26-16-. The number of carbonyl (C=O) groups excluding carboxylic acids is 1. The number of hydrazone groups is 1. The lowest BCUT2D eigenvalue weighted by atomic mass is 10.1. The highest BCUT2D eigenvalue weighted by molar-refractivity contribution is 14.1. The average Bonchev–Trinajstić information content (AvgIpc) is 2.76. The molecule has 9 heteroatoms. The van der Waals surface area contributed by atoms with E-state index in [1.807, 2.05) is 31.2 Å². The van der Waals surface area contributed by atoms with Crippen molar-refractivity contribution >= 4 is 61.5 Å². The summed E-state index contributed by atoms with van der Waals surface area (Å²) in [6.07, 6.45) is 1.13. The van der Waals surface area contributed by atoms with Gasteiger partial charge in [0.05, 0.1) is 24.2 Å². The Labute approximate surface area is 206 Å². The van der Waals surface area contributed by atoms with Crippen LogP contribution in [-0.2, 0) is 16.6 Å². The summed E-state index contributed by atoms with van der Waals surface area (Å²) >= 11 is 8.42.